The minimum absolute atomic E-state index is 0.0677. The summed E-state index contributed by atoms with van der Waals surface area (Å²) in [6, 6.07) is 1.54. The first kappa shape index (κ1) is 22.6. The van der Waals surface area contributed by atoms with Crippen molar-refractivity contribution >= 4 is 35.4 Å². The molecule has 4 N–H and O–H groups in total. The van der Waals surface area contributed by atoms with Crippen LogP contribution in [0, 0.1) is 0 Å². The average molecular weight is 402 g/mol. The molecule has 0 unspecified atom stereocenters. The van der Waals surface area contributed by atoms with E-state index in [2.05, 4.69) is 6.92 Å². The highest BCUT2D eigenvalue weighted by Gasteiger charge is 2.46. The molecule has 148 valence electrons. The number of benzene rings is 1. The van der Waals surface area contributed by atoms with Crippen molar-refractivity contribution in [1.29, 1.82) is 0 Å². The Morgan fingerprint density at radius 2 is 1.59 bits per heavy atom. The number of carbonyl (C=O) groups excluding carboxylic acids is 2. The third-order valence-corrected chi connectivity index (χ3v) is 3.91. The molecule has 0 aliphatic carbocycles. The minimum atomic E-state index is -2.26. The molecular weight excluding hydrogens is 382 g/mol. The molecule has 0 bridgehead atoms. The molecular formula is C17H20ClNO8. The number of carboxylic acids is 2. The van der Waals surface area contributed by atoms with Gasteiger partial charge in [0.25, 0.3) is 11.8 Å². The Morgan fingerprint density at radius 1 is 1.04 bits per heavy atom. The first-order valence-electron chi connectivity index (χ1n) is 8.11. The number of aliphatic hydroxyl groups excluding tert-OH is 1. The van der Waals surface area contributed by atoms with Crippen molar-refractivity contribution in [2.75, 3.05) is 0 Å². The van der Waals surface area contributed by atoms with Crippen LogP contribution in [-0.2, 0) is 9.59 Å². The Kier molecular flexibility index (Phi) is 8.35. The molecule has 1 aliphatic rings. The molecule has 1 aromatic carbocycles. The number of aliphatic carboxylic acids is 2. The zero-order valence-electron chi connectivity index (χ0n) is 14.5. The maximum Gasteiger partial charge on any atom is 0.338 e. The number of unbranched alkanes of at least 4 members (excludes halogenated alkanes) is 2. The monoisotopic (exact) mass is 401 g/mol. The van der Waals surface area contributed by atoms with Crippen LogP contribution in [0.5, 0.6) is 0 Å². The van der Waals surface area contributed by atoms with Gasteiger partial charge in [-0.15, -0.1) is 0 Å². The zero-order chi connectivity index (χ0) is 20.7. The summed E-state index contributed by atoms with van der Waals surface area (Å²) < 4.78 is 0. The average Bonchev–Trinajstić information content (AvgIpc) is 2.80. The molecule has 0 saturated heterocycles. The summed E-state index contributed by atoms with van der Waals surface area (Å²) in [5.74, 6) is -5.55. The Labute approximate surface area is 159 Å². The van der Waals surface area contributed by atoms with Gasteiger partial charge in [-0.2, -0.15) is 0 Å². The van der Waals surface area contributed by atoms with Crippen molar-refractivity contribution in [1.82, 2.24) is 4.90 Å². The molecule has 0 saturated carbocycles. The summed E-state index contributed by atoms with van der Waals surface area (Å²) in [7, 11) is 0. The highest BCUT2D eigenvalue weighted by molar-refractivity contribution is 6.32. The Morgan fingerprint density at radius 3 is 2.07 bits per heavy atom. The van der Waals surface area contributed by atoms with E-state index in [1.807, 2.05) is 0 Å². The van der Waals surface area contributed by atoms with Crippen LogP contribution in [0.2, 0.25) is 5.02 Å². The molecule has 1 aliphatic heterocycles. The normalized spacial score (nSPS) is 12.9. The van der Waals surface area contributed by atoms with E-state index in [-0.39, 0.29) is 21.0 Å². The number of nitrogens with zero attached hydrogens (tertiary/aromatic N) is 1. The Bertz CT molecular complexity index is 720. The van der Waals surface area contributed by atoms with E-state index in [0.29, 0.717) is 6.42 Å². The Hall–Kier alpha value is -2.49. The molecule has 1 aromatic rings. The van der Waals surface area contributed by atoms with E-state index in [9.17, 15) is 19.2 Å². The molecule has 1 heterocycles. The van der Waals surface area contributed by atoms with Gasteiger partial charge in [-0.3, -0.25) is 9.59 Å². The van der Waals surface area contributed by atoms with E-state index in [4.69, 9.17) is 32.0 Å². The summed E-state index contributed by atoms with van der Waals surface area (Å²) in [5, 5.41) is 34.5. The molecule has 2 amide bonds. The van der Waals surface area contributed by atoms with Crippen molar-refractivity contribution in [3.05, 3.63) is 34.3 Å². The van der Waals surface area contributed by atoms with E-state index < -0.39 is 36.1 Å². The second-order valence-electron chi connectivity index (χ2n) is 5.73. The molecule has 9 nitrogen and oxygen atoms in total. The standard InChI is InChI=1S/C11H6ClNO6.C6H14O2/c12-4-1-2-5-6(3-4)9(15)13(8(5)14)7(10(16)17)11(18)19;1-2-3-4-5-6(7)8/h1-3,7H,(H,16,17)(H,18,19);6-8H,2-5H2,1H3. The topological polar surface area (TPSA) is 152 Å². The quantitative estimate of drug-likeness (QED) is 0.231. The molecule has 2 rings (SSSR count). The highest BCUT2D eigenvalue weighted by atomic mass is 35.5. The predicted octanol–water partition coefficient (Wildman–Crippen LogP) is 1.35. The van der Waals surface area contributed by atoms with Gasteiger partial charge in [-0.05, 0) is 31.0 Å². The second kappa shape index (κ2) is 10.0. The van der Waals surface area contributed by atoms with Crippen LogP contribution in [0.3, 0.4) is 0 Å². The summed E-state index contributed by atoms with van der Waals surface area (Å²) in [6.45, 7) is 2.09. The fourth-order valence-corrected chi connectivity index (χ4v) is 2.54. The molecule has 27 heavy (non-hydrogen) atoms. The lowest BCUT2D eigenvalue weighted by Crippen LogP contribution is -2.49. The number of amides is 2. The van der Waals surface area contributed by atoms with Crippen molar-refractivity contribution in [2.45, 2.75) is 44.9 Å². The van der Waals surface area contributed by atoms with Gasteiger partial charge in [0.1, 0.15) is 0 Å². The number of hydrogen-bond donors (Lipinski definition) is 4. The molecule has 0 spiro atoms. The maximum absolute atomic E-state index is 11.9. The third-order valence-electron chi connectivity index (χ3n) is 3.67. The van der Waals surface area contributed by atoms with E-state index >= 15 is 0 Å². The van der Waals surface area contributed by atoms with Gasteiger partial charge in [0.15, 0.2) is 6.29 Å². The lowest BCUT2D eigenvalue weighted by molar-refractivity contribution is -0.154. The minimum Gasteiger partial charge on any atom is -0.479 e. The largest absolute Gasteiger partial charge is 0.479 e. The van der Waals surface area contributed by atoms with Gasteiger partial charge in [0, 0.05) is 5.02 Å². The number of imide groups is 1. The maximum atomic E-state index is 11.9. The summed E-state index contributed by atoms with van der Waals surface area (Å²) in [6.07, 6.45) is 2.58. The van der Waals surface area contributed by atoms with Gasteiger partial charge in [0.2, 0.25) is 6.04 Å². The third kappa shape index (κ3) is 5.75. The number of carbonyl (C=O) groups is 4. The van der Waals surface area contributed by atoms with Crippen molar-refractivity contribution < 1.29 is 39.6 Å². The number of aliphatic hydroxyl groups is 2. The van der Waals surface area contributed by atoms with Gasteiger partial charge in [-0.1, -0.05) is 31.4 Å². The van der Waals surface area contributed by atoms with Crippen LogP contribution in [0.15, 0.2) is 18.2 Å². The SMILES string of the molecule is CCCCCC(O)O.O=C(O)C(C(=O)O)N1C(=O)c2ccc(Cl)cc2C1=O. The number of fused-ring (bicyclic) bond motifs is 1. The van der Waals surface area contributed by atoms with E-state index in [0.717, 1.165) is 19.3 Å². The predicted molar refractivity (Wildman–Crippen MR) is 93.4 cm³/mol. The van der Waals surface area contributed by atoms with Crippen LogP contribution in [0.4, 0.5) is 0 Å². The fourth-order valence-electron chi connectivity index (χ4n) is 2.37. The lowest BCUT2D eigenvalue weighted by Gasteiger charge is -2.18. The number of rotatable bonds is 7. The number of carboxylic acid groups (broad SMARTS) is 2. The first-order valence-corrected chi connectivity index (χ1v) is 8.48. The van der Waals surface area contributed by atoms with Crippen LogP contribution in [0.25, 0.3) is 0 Å². The smallest absolute Gasteiger partial charge is 0.338 e. The lowest BCUT2D eigenvalue weighted by atomic mass is 10.1. The Balaban J connectivity index is 0.000000387. The zero-order valence-corrected chi connectivity index (χ0v) is 15.2. The molecule has 0 fully saturated rings. The number of halogens is 1. The van der Waals surface area contributed by atoms with Gasteiger partial charge in [0.05, 0.1) is 11.1 Å². The molecule has 0 atom stereocenters. The van der Waals surface area contributed by atoms with Crippen LogP contribution < -0.4 is 0 Å². The molecule has 0 radical (unpaired) electrons. The summed E-state index contributed by atoms with van der Waals surface area (Å²) >= 11 is 5.67. The van der Waals surface area contributed by atoms with Crippen LogP contribution in [-0.4, -0.2) is 61.4 Å². The molecule has 10 heteroatoms. The van der Waals surface area contributed by atoms with Crippen LogP contribution >= 0.6 is 11.6 Å². The van der Waals surface area contributed by atoms with E-state index in [1.165, 1.54) is 18.2 Å². The van der Waals surface area contributed by atoms with Crippen LogP contribution in [0.1, 0.15) is 53.3 Å². The summed E-state index contributed by atoms with van der Waals surface area (Å²) in [4.78, 5) is 45.8. The second-order valence-corrected chi connectivity index (χ2v) is 6.16. The highest BCUT2D eigenvalue weighted by Crippen LogP contribution is 2.27. The van der Waals surface area contributed by atoms with Crippen molar-refractivity contribution in [2.24, 2.45) is 0 Å². The fraction of sp³-hybridized carbons (Fsp3) is 0.412. The van der Waals surface area contributed by atoms with Gasteiger partial charge < -0.3 is 20.4 Å². The van der Waals surface area contributed by atoms with Gasteiger partial charge in [-0.25, -0.2) is 14.5 Å². The summed E-state index contributed by atoms with van der Waals surface area (Å²) in [5.41, 5.74) is -0.174. The van der Waals surface area contributed by atoms with Gasteiger partial charge >= 0.3 is 11.9 Å². The van der Waals surface area contributed by atoms with E-state index in [1.54, 1.807) is 0 Å². The first-order chi connectivity index (χ1) is 12.6. The molecule has 0 aromatic heterocycles. The van der Waals surface area contributed by atoms with Crippen molar-refractivity contribution in [3.63, 3.8) is 0 Å². The number of hydrogen-bond acceptors (Lipinski definition) is 6. The van der Waals surface area contributed by atoms with Crippen molar-refractivity contribution in [3.8, 4) is 0 Å².